The van der Waals surface area contributed by atoms with Crippen LogP contribution in [0.1, 0.15) is 53.8 Å². The molecule has 1 unspecified atom stereocenters. The number of hydrogen-bond donors (Lipinski definition) is 1. The van der Waals surface area contributed by atoms with E-state index in [1.807, 2.05) is 0 Å². The zero-order chi connectivity index (χ0) is 14.9. The molecule has 1 amide bonds. The van der Waals surface area contributed by atoms with Gasteiger partial charge in [-0.3, -0.25) is 9.69 Å². The highest BCUT2D eigenvalue weighted by Gasteiger charge is 2.32. The fourth-order valence-corrected chi connectivity index (χ4v) is 3.51. The maximum absolute atomic E-state index is 12.0. The van der Waals surface area contributed by atoms with Crippen molar-refractivity contribution in [1.29, 1.82) is 0 Å². The van der Waals surface area contributed by atoms with Gasteiger partial charge >= 0.3 is 0 Å². The van der Waals surface area contributed by atoms with Crippen LogP contribution in [0, 0.1) is 0 Å². The summed E-state index contributed by atoms with van der Waals surface area (Å²) in [5.74, 6) is 0.498. The third-order valence-electron chi connectivity index (χ3n) is 4.17. The molecule has 22 heavy (non-hydrogen) atoms. The molecule has 7 heteroatoms. The van der Waals surface area contributed by atoms with Crippen LogP contribution in [0.4, 0.5) is 0 Å². The maximum atomic E-state index is 12.0. The number of hydrogen-bond acceptors (Lipinski definition) is 6. The van der Waals surface area contributed by atoms with Gasteiger partial charge in [0.05, 0.1) is 6.04 Å². The van der Waals surface area contributed by atoms with Crippen LogP contribution in [0.3, 0.4) is 0 Å². The summed E-state index contributed by atoms with van der Waals surface area (Å²) in [5, 5.41) is 11.0. The standard InChI is InChI=1S/C15H18N4O2S/c20-14(16-11-3-4-11)13-17-15(21-18-13)12-2-1-6-19(12)8-10-5-7-22-9-10/h5,7,9,11-12H,1-4,6,8H2,(H,16,20). The van der Waals surface area contributed by atoms with Crippen molar-refractivity contribution in [2.75, 3.05) is 6.54 Å². The first-order valence-corrected chi connectivity index (χ1v) is 8.63. The lowest BCUT2D eigenvalue weighted by Gasteiger charge is -2.20. The van der Waals surface area contributed by atoms with Gasteiger partial charge in [0, 0.05) is 12.6 Å². The SMILES string of the molecule is O=C(NC1CC1)c1noc(C2CCCN2Cc2ccsc2)n1. The van der Waals surface area contributed by atoms with Crippen molar-refractivity contribution in [2.24, 2.45) is 0 Å². The molecule has 1 aliphatic heterocycles. The van der Waals surface area contributed by atoms with Gasteiger partial charge in [-0.05, 0) is 54.6 Å². The molecular weight excluding hydrogens is 300 g/mol. The van der Waals surface area contributed by atoms with Crippen molar-refractivity contribution in [3.63, 3.8) is 0 Å². The predicted molar refractivity (Wildman–Crippen MR) is 81.5 cm³/mol. The zero-order valence-corrected chi connectivity index (χ0v) is 13.0. The number of nitrogens with zero attached hydrogens (tertiary/aromatic N) is 3. The third kappa shape index (κ3) is 2.91. The minimum absolute atomic E-state index is 0.120. The van der Waals surface area contributed by atoms with Gasteiger partial charge in [-0.15, -0.1) is 0 Å². The summed E-state index contributed by atoms with van der Waals surface area (Å²) >= 11 is 1.71. The van der Waals surface area contributed by atoms with Crippen molar-refractivity contribution >= 4 is 17.2 Å². The molecule has 0 bridgehead atoms. The minimum Gasteiger partial charge on any atom is -0.346 e. The van der Waals surface area contributed by atoms with Crippen LogP contribution < -0.4 is 5.32 Å². The first-order valence-electron chi connectivity index (χ1n) is 7.69. The Bertz CT molecular complexity index is 650. The molecule has 1 saturated heterocycles. The summed E-state index contributed by atoms with van der Waals surface area (Å²) in [6, 6.07) is 2.56. The predicted octanol–water partition coefficient (Wildman–Crippen LogP) is 2.36. The first-order chi connectivity index (χ1) is 10.8. The van der Waals surface area contributed by atoms with Crippen molar-refractivity contribution in [3.8, 4) is 0 Å². The van der Waals surface area contributed by atoms with E-state index in [1.54, 1.807) is 11.3 Å². The molecule has 1 saturated carbocycles. The van der Waals surface area contributed by atoms with E-state index in [0.717, 1.165) is 38.8 Å². The van der Waals surface area contributed by atoms with E-state index >= 15 is 0 Å². The summed E-state index contributed by atoms with van der Waals surface area (Å²) < 4.78 is 5.36. The van der Waals surface area contributed by atoms with Gasteiger partial charge in [0.25, 0.3) is 11.7 Å². The molecule has 2 fully saturated rings. The molecule has 3 heterocycles. The van der Waals surface area contributed by atoms with Crippen LogP contribution in [0.25, 0.3) is 0 Å². The highest BCUT2D eigenvalue weighted by Crippen LogP contribution is 2.32. The fraction of sp³-hybridized carbons (Fsp3) is 0.533. The van der Waals surface area contributed by atoms with Gasteiger partial charge in [-0.2, -0.15) is 16.3 Å². The molecule has 1 N–H and O–H groups in total. The van der Waals surface area contributed by atoms with Crippen LogP contribution in [0.5, 0.6) is 0 Å². The van der Waals surface area contributed by atoms with E-state index in [-0.39, 0.29) is 17.8 Å². The van der Waals surface area contributed by atoms with Crippen LogP contribution >= 0.6 is 11.3 Å². The Morgan fingerprint density at radius 2 is 2.36 bits per heavy atom. The quantitative estimate of drug-likeness (QED) is 0.916. The molecule has 1 atom stereocenters. The Morgan fingerprint density at radius 1 is 1.45 bits per heavy atom. The summed E-state index contributed by atoms with van der Waals surface area (Å²) in [4.78, 5) is 18.6. The summed E-state index contributed by atoms with van der Waals surface area (Å²) in [6.45, 7) is 1.91. The van der Waals surface area contributed by atoms with Crippen molar-refractivity contribution in [2.45, 2.75) is 44.3 Å². The molecule has 116 valence electrons. The molecule has 2 aliphatic rings. The Balaban J connectivity index is 1.45. The second kappa shape index (κ2) is 5.81. The number of likely N-dealkylation sites (tertiary alicyclic amines) is 1. The van der Waals surface area contributed by atoms with Gasteiger partial charge in [0.1, 0.15) is 0 Å². The molecule has 2 aromatic heterocycles. The van der Waals surface area contributed by atoms with E-state index in [1.165, 1.54) is 5.56 Å². The van der Waals surface area contributed by atoms with Gasteiger partial charge in [0.2, 0.25) is 5.89 Å². The third-order valence-corrected chi connectivity index (χ3v) is 4.90. The smallest absolute Gasteiger partial charge is 0.292 e. The fourth-order valence-electron chi connectivity index (χ4n) is 2.85. The molecule has 4 rings (SSSR count). The lowest BCUT2D eigenvalue weighted by atomic mass is 10.2. The average Bonchev–Trinajstić information content (AvgIpc) is 2.98. The Labute approximate surface area is 132 Å². The van der Waals surface area contributed by atoms with Crippen molar-refractivity contribution < 1.29 is 9.32 Å². The Morgan fingerprint density at radius 3 is 3.14 bits per heavy atom. The summed E-state index contributed by atoms with van der Waals surface area (Å²) in [5.41, 5.74) is 1.31. The van der Waals surface area contributed by atoms with E-state index in [4.69, 9.17) is 4.52 Å². The zero-order valence-electron chi connectivity index (χ0n) is 12.2. The average molecular weight is 318 g/mol. The summed E-state index contributed by atoms with van der Waals surface area (Å²) in [6.07, 6.45) is 4.21. The molecular formula is C15H18N4O2S. The van der Waals surface area contributed by atoms with E-state index in [0.29, 0.717) is 11.9 Å². The minimum atomic E-state index is -0.222. The molecule has 1 aliphatic carbocycles. The van der Waals surface area contributed by atoms with Gasteiger partial charge in [-0.25, -0.2) is 0 Å². The normalized spacial score (nSPS) is 22.1. The van der Waals surface area contributed by atoms with Gasteiger partial charge in [-0.1, -0.05) is 5.16 Å². The monoisotopic (exact) mass is 318 g/mol. The highest BCUT2D eigenvalue weighted by atomic mass is 32.1. The first kappa shape index (κ1) is 13.9. The number of aromatic nitrogens is 2. The van der Waals surface area contributed by atoms with Gasteiger partial charge < -0.3 is 9.84 Å². The number of carbonyl (C=O) groups is 1. The second-order valence-corrected chi connectivity index (χ2v) is 6.74. The van der Waals surface area contributed by atoms with Crippen LogP contribution in [0.2, 0.25) is 0 Å². The Hall–Kier alpha value is -1.73. The molecule has 6 nitrogen and oxygen atoms in total. The van der Waals surface area contributed by atoms with E-state index in [9.17, 15) is 4.79 Å². The topological polar surface area (TPSA) is 71.3 Å². The maximum Gasteiger partial charge on any atom is 0.292 e. The van der Waals surface area contributed by atoms with Crippen LogP contribution in [0.15, 0.2) is 21.3 Å². The molecule has 0 radical (unpaired) electrons. The van der Waals surface area contributed by atoms with E-state index in [2.05, 4.69) is 37.2 Å². The molecule has 0 spiro atoms. The van der Waals surface area contributed by atoms with Crippen molar-refractivity contribution in [1.82, 2.24) is 20.4 Å². The second-order valence-electron chi connectivity index (χ2n) is 5.96. The molecule has 2 aromatic rings. The molecule has 0 aromatic carbocycles. The van der Waals surface area contributed by atoms with E-state index < -0.39 is 0 Å². The number of rotatable bonds is 5. The number of nitrogens with one attached hydrogen (secondary N) is 1. The number of thiophene rings is 1. The van der Waals surface area contributed by atoms with Gasteiger partial charge in [0.15, 0.2) is 0 Å². The summed E-state index contributed by atoms with van der Waals surface area (Å²) in [7, 11) is 0. The highest BCUT2D eigenvalue weighted by molar-refractivity contribution is 7.07. The largest absolute Gasteiger partial charge is 0.346 e. The van der Waals surface area contributed by atoms with Crippen LogP contribution in [-0.4, -0.2) is 33.5 Å². The lowest BCUT2D eigenvalue weighted by molar-refractivity contribution is 0.0937. The van der Waals surface area contributed by atoms with Crippen molar-refractivity contribution in [3.05, 3.63) is 34.1 Å². The number of carbonyl (C=O) groups excluding carboxylic acids is 1. The lowest BCUT2D eigenvalue weighted by Crippen LogP contribution is -2.26. The van der Waals surface area contributed by atoms with Crippen LogP contribution in [-0.2, 0) is 6.54 Å². The Kier molecular flexibility index (Phi) is 3.67. The number of amides is 1.